The smallest absolute Gasteiger partial charge is 0.234 e. The predicted molar refractivity (Wildman–Crippen MR) is 80.0 cm³/mol. The summed E-state index contributed by atoms with van der Waals surface area (Å²) in [4.78, 5) is 4.03. The van der Waals surface area contributed by atoms with Gasteiger partial charge in [-0.1, -0.05) is 30.4 Å². The summed E-state index contributed by atoms with van der Waals surface area (Å²) in [5.41, 5.74) is 8.29. The lowest BCUT2D eigenvalue weighted by molar-refractivity contribution is 0.772. The van der Waals surface area contributed by atoms with Crippen LogP contribution >= 0.6 is 11.3 Å². The molecule has 0 bridgehead atoms. The van der Waals surface area contributed by atoms with Gasteiger partial charge in [0.2, 0.25) is 5.13 Å². The summed E-state index contributed by atoms with van der Waals surface area (Å²) < 4.78 is 1.70. The van der Waals surface area contributed by atoms with Gasteiger partial charge in [-0.2, -0.15) is 4.68 Å². The third-order valence-corrected chi connectivity index (χ3v) is 4.19. The van der Waals surface area contributed by atoms with Crippen molar-refractivity contribution in [1.82, 2.24) is 30.2 Å². The Kier molecular flexibility index (Phi) is 3.72. The second kappa shape index (κ2) is 5.66. The number of hydrogen-bond acceptors (Lipinski definition) is 7. The first-order chi connectivity index (χ1) is 10.2. The molecule has 0 unspecified atom stereocenters. The van der Waals surface area contributed by atoms with Crippen molar-refractivity contribution >= 4 is 11.3 Å². The number of pyridine rings is 1. The lowest BCUT2D eigenvalue weighted by Gasteiger charge is -2.04. The molecule has 0 aliphatic rings. The average molecular weight is 301 g/mol. The molecule has 0 spiro atoms. The first-order valence-electron chi connectivity index (χ1n) is 6.59. The Labute approximate surface area is 125 Å². The maximum absolute atomic E-state index is 5.77. The molecule has 108 valence electrons. The van der Waals surface area contributed by atoms with Gasteiger partial charge in [-0.05, 0) is 12.1 Å². The SMILES string of the molecule is CC(C)c1nnc(-n2nnc(CN)c2-c2ccncc2)s1. The zero-order valence-electron chi connectivity index (χ0n) is 11.8. The Bertz CT molecular complexity index is 732. The van der Waals surface area contributed by atoms with E-state index >= 15 is 0 Å². The summed E-state index contributed by atoms with van der Waals surface area (Å²) in [6, 6.07) is 3.80. The summed E-state index contributed by atoms with van der Waals surface area (Å²) in [6.07, 6.45) is 3.46. The van der Waals surface area contributed by atoms with Crippen molar-refractivity contribution in [3.8, 4) is 16.4 Å². The number of aromatic nitrogens is 6. The fourth-order valence-corrected chi connectivity index (χ4v) is 2.73. The number of nitrogens with two attached hydrogens (primary N) is 1. The predicted octanol–water partition coefficient (Wildman–Crippen LogP) is 1.76. The number of hydrogen-bond donors (Lipinski definition) is 1. The van der Waals surface area contributed by atoms with Crippen LogP contribution in [0.3, 0.4) is 0 Å². The molecule has 3 rings (SSSR count). The van der Waals surface area contributed by atoms with Crippen molar-refractivity contribution < 1.29 is 0 Å². The van der Waals surface area contributed by atoms with Crippen molar-refractivity contribution in [3.05, 3.63) is 35.2 Å². The minimum absolute atomic E-state index is 0.313. The van der Waals surface area contributed by atoms with Crippen LogP contribution in [0.2, 0.25) is 0 Å². The molecule has 0 atom stereocenters. The van der Waals surface area contributed by atoms with Gasteiger partial charge in [-0.3, -0.25) is 4.98 Å². The molecule has 0 aromatic carbocycles. The Morgan fingerprint density at radius 2 is 1.95 bits per heavy atom. The number of rotatable bonds is 4. The minimum atomic E-state index is 0.313. The molecule has 8 heteroatoms. The highest BCUT2D eigenvalue weighted by atomic mass is 32.1. The van der Waals surface area contributed by atoms with E-state index in [0.717, 1.165) is 22.0 Å². The first kappa shape index (κ1) is 13.8. The molecule has 3 aromatic rings. The minimum Gasteiger partial charge on any atom is -0.325 e. The largest absolute Gasteiger partial charge is 0.325 e. The molecule has 0 aliphatic carbocycles. The normalized spacial score (nSPS) is 11.2. The molecule has 0 saturated heterocycles. The highest BCUT2D eigenvalue weighted by Crippen LogP contribution is 2.27. The van der Waals surface area contributed by atoms with E-state index in [1.54, 1.807) is 17.1 Å². The maximum Gasteiger partial charge on any atom is 0.234 e. The molecule has 7 nitrogen and oxygen atoms in total. The van der Waals surface area contributed by atoms with Crippen molar-refractivity contribution in [3.63, 3.8) is 0 Å². The Hall–Kier alpha value is -2.19. The highest BCUT2D eigenvalue weighted by molar-refractivity contribution is 7.13. The van der Waals surface area contributed by atoms with Gasteiger partial charge in [0.1, 0.15) is 16.4 Å². The standard InChI is InChI=1S/C13H15N7S/c1-8(2)12-17-18-13(21-12)20-11(10(7-14)16-19-20)9-3-5-15-6-4-9/h3-6,8H,7,14H2,1-2H3. The third-order valence-electron chi connectivity index (χ3n) is 2.99. The van der Waals surface area contributed by atoms with Gasteiger partial charge < -0.3 is 5.73 Å². The molecule has 0 amide bonds. The van der Waals surface area contributed by atoms with E-state index in [-0.39, 0.29) is 0 Å². The fraction of sp³-hybridized carbons (Fsp3) is 0.308. The zero-order chi connectivity index (χ0) is 14.8. The quantitative estimate of drug-likeness (QED) is 0.789. The molecular formula is C13H15N7S. The van der Waals surface area contributed by atoms with Gasteiger partial charge in [-0.15, -0.1) is 15.3 Å². The molecule has 2 N–H and O–H groups in total. The Balaban J connectivity index is 2.13. The van der Waals surface area contributed by atoms with Crippen molar-refractivity contribution in [1.29, 1.82) is 0 Å². The van der Waals surface area contributed by atoms with E-state index in [4.69, 9.17) is 5.73 Å². The maximum atomic E-state index is 5.77. The third kappa shape index (κ3) is 2.55. The summed E-state index contributed by atoms with van der Waals surface area (Å²) in [6.45, 7) is 4.48. The van der Waals surface area contributed by atoms with Gasteiger partial charge in [0.25, 0.3) is 0 Å². The van der Waals surface area contributed by atoms with Gasteiger partial charge in [0, 0.05) is 30.4 Å². The van der Waals surface area contributed by atoms with Crippen LogP contribution in [-0.2, 0) is 6.54 Å². The van der Waals surface area contributed by atoms with Crippen LogP contribution in [0.4, 0.5) is 0 Å². The summed E-state index contributed by atoms with van der Waals surface area (Å²) in [7, 11) is 0. The van der Waals surface area contributed by atoms with Crippen LogP contribution in [0.1, 0.15) is 30.5 Å². The van der Waals surface area contributed by atoms with Crippen molar-refractivity contribution in [2.75, 3.05) is 0 Å². The van der Waals surface area contributed by atoms with Crippen LogP contribution in [0, 0.1) is 0 Å². The van der Waals surface area contributed by atoms with Gasteiger partial charge in [0.05, 0.1) is 0 Å². The molecule has 0 aliphatic heterocycles. The molecule has 0 saturated carbocycles. The monoisotopic (exact) mass is 301 g/mol. The average Bonchev–Trinajstić information content (AvgIpc) is 3.14. The molecule has 21 heavy (non-hydrogen) atoms. The van der Waals surface area contributed by atoms with E-state index in [9.17, 15) is 0 Å². The van der Waals surface area contributed by atoms with E-state index < -0.39 is 0 Å². The molecule has 0 radical (unpaired) electrons. The fourth-order valence-electron chi connectivity index (χ4n) is 1.93. The molecule has 3 heterocycles. The van der Waals surface area contributed by atoms with Crippen LogP contribution in [-0.4, -0.2) is 30.2 Å². The van der Waals surface area contributed by atoms with Gasteiger partial charge in [0.15, 0.2) is 0 Å². The Morgan fingerprint density at radius 1 is 1.19 bits per heavy atom. The lowest BCUT2D eigenvalue weighted by Crippen LogP contribution is -2.02. The van der Waals surface area contributed by atoms with E-state index in [1.165, 1.54) is 11.3 Å². The second-order valence-electron chi connectivity index (χ2n) is 4.81. The molecular weight excluding hydrogens is 286 g/mol. The van der Waals surface area contributed by atoms with Crippen LogP contribution < -0.4 is 5.73 Å². The van der Waals surface area contributed by atoms with Crippen molar-refractivity contribution in [2.24, 2.45) is 5.73 Å². The van der Waals surface area contributed by atoms with Gasteiger partial charge in [-0.25, -0.2) is 0 Å². The van der Waals surface area contributed by atoms with E-state index in [2.05, 4.69) is 39.3 Å². The molecule has 3 aromatic heterocycles. The summed E-state index contributed by atoms with van der Waals surface area (Å²) in [5, 5.41) is 18.4. The Morgan fingerprint density at radius 3 is 2.57 bits per heavy atom. The van der Waals surface area contributed by atoms with Crippen LogP contribution in [0.25, 0.3) is 16.4 Å². The van der Waals surface area contributed by atoms with E-state index in [0.29, 0.717) is 17.6 Å². The summed E-state index contributed by atoms with van der Waals surface area (Å²) in [5.74, 6) is 0.332. The van der Waals surface area contributed by atoms with Crippen LogP contribution in [0.5, 0.6) is 0 Å². The lowest BCUT2D eigenvalue weighted by atomic mass is 10.1. The highest BCUT2D eigenvalue weighted by Gasteiger charge is 2.18. The number of nitrogens with zero attached hydrogens (tertiary/aromatic N) is 6. The van der Waals surface area contributed by atoms with Crippen molar-refractivity contribution in [2.45, 2.75) is 26.3 Å². The first-order valence-corrected chi connectivity index (χ1v) is 7.41. The second-order valence-corrected chi connectivity index (χ2v) is 5.80. The van der Waals surface area contributed by atoms with E-state index in [1.807, 2.05) is 12.1 Å². The molecule has 0 fully saturated rings. The topological polar surface area (TPSA) is 95.4 Å². The van der Waals surface area contributed by atoms with Gasteiger partial charge >= 0.3 is 0 Å². The summed E-state index contributed by atoms with van der Waals surface area (Å²) >= 11 is 1.51. The zero-order valence-corrected chi connectivity index (χ0v) is 12.6. The van der Waals surface area contributed by atoms with Crippen LogP contribution in [0.15, 0.2) is 24.5 Å².